The van der Waals surface area contributed by atoms with E-state index in [1.807, 2.05) is 6.07 Å². The van der Waals surface area contributed by atoms with Crippen molar-refractivity contribution >= 4 is 17.7 Å². The quantitative estimate of drug-likeness (QED) is 0.355. The first-order valence-corrected chi connectivity index (χ1v) is 11.0. The summed E-state index contributed by atoms with van der Waals surface area (Å²) in [6, 6.07) is 10.4. The van der Waals surface area contributed by atoms with E-state index in [0.29, 0.717) is 33.8 Å². The smallest absolute Gasteiger partial charge is 0.355 e. The van der Waals surface area contributed by atoms with Gasteiger partial charge in [0.1, 0.15) is 11.4 Å². The molecule has 0 atom stereocenters. The Labute approximate surface area is 199 Å². The van der Waals surface area contributed by atoms with Gasteiger partial charge in [0.25, 0.3) is 5.91 Å². The molecule has 8 heteroatoms. The van der Waals surface area contributed by atoms with Crippen LogP contribution in [0.1, 0.15) is 54.9 Å². The van der Waals surface area contributed by atoms with Crippen molar-refractivity contribution in [1.29, 1.82) is 0 Å². The molecule has 0 aliphatic heterocycles. The minimum Gasteiger partial charge on any atom is -0.497 e. The van der Waals surface area contributed by atoms with E-state index >= 15 is 0 Å². The highest BCUT2D eigenvalue weighted by molar-refractivity contribution is 6.06. The zero-order valence-corrected chi connectivity index (χ0v) is 20.1. The summed E-state index contributed by atoms with van der Waals surface area (Å²) >= 11 is 0. The number of Topliss-reactive ketones (excluding diaryl/α,β-unsaturated/α-hetero) is 1. The van der Waals surface area contributed by atoms with E-state index in [9.17, 15) is 14.4 Å². The normalized spacial score (nSPS) is 10.6. The van der Waals surface area contributed by atoms with Crippen LogP contribution in [0.25, 0.3) is 0 Å². The minimum absolute atomic E-state index is 0.168. The summed E-state index contributed by atoms with van der Waals surface area (Å²) in [7, 11) is 3.25. The lowest BCUT2D eigenvalue weighted by molar-refractivity contribution is 0.0514. The Morgan fingerprint density at radius 3 is 2.53 bits per heavy atom. The van der Waals surface area contributed by atoms with Crippen LogP contribution in [-0.2, 0) is 18.3 Å². The zero-order chi connectivity index (χ0) is 24.8. The Morgan fingerprint density at radius 1 is 1.12 bits per heavy atom. The number of ether oxygens (including phenoxy) is 2. The minimum atomic E-state index is -0.482. The van der Waals surface area contributed by atoms with Crippen LogP contribution in [0.4, 0.5) is 0 Å². The number of amides is 1. The van der Waals surface area contributed by atoms with Crippen molar-refractivity contribution in [3.63, 3.8) is 0 Å². The molecule has 0 saturated carbocycles. The zero-order valence-electron chi connectivity index (χ0n) is 20.1. The van der Waals surface area contributed by atoms with Gasteiger partial charge in [0.05, 0.1) is 20.3 Å². The lowest BCUT2D eigenvalue weighted by Crippen LogP contribution is -2.35. The van der Waals surface area contributed by atoms with Gasteiger partial charge in [0.15, 0.2) is 5.78 Å². The molecule has 1 amide bonds. The average molecular weight is 464 g/mol. The van der Waals surface area contributed by atoms with Gasteiger partial charge in [0.2, 0.25) is 0 Å². The van der Waals surface area contributed by atoms with E-state index < -0.39 is 5.97 Å². The van der Waals surface area contributed by atoms with Gasteiger partial charge in [-0.2, -0.15) is 0 Å². The molecule has 34 heavy (non-hydrogen) atoms. The van der Waals surface area contributed by atoms with E-state index in [2.05, 4.69) is 4.98 Å². The summed E-state index contributed by atoms with van der Waals surface area (Å²) < 4.78 is 12.1. The molecular formula is C26H29N3O5. The predicted molar refractivity (Wildman–Crippen MR) is 127 cm³/mol. The van der Waals surface area contributed by atoms with Gasteiger partial charge in [-0.05, 0) is 56.2 Å². The topological polar surface area (TPSA) is 90.7 Å². The number of rotatable bonds is 9. The lowest BCUT2D eigenvalue weighted by Gasteiger charge is -2.22. The highest BCUT2D eigenvalue weighted by atomic mass is 16.5. The third-order valence-electron chi connectivity index (χ3n) is 5.71. The third kappa shape index (κ3) is 5.17. The summed E-state index contributed by atoms with van der Waals surface area (Å²) in [6.07, 6.45) is 3.31. The molecule has 0 bridgehead atoms. The second-order valence-electron chi connectivity index (χ2n) is 7.89. The maximum atomic E-state index is 13.5. The fourth-order valence-electron chi connectivity index (χ4n) is 3.98. The molecule has 0 fully saturated rings. The van der Waals surface area contributed by atoms with Crippen molar-refractivity contribution in [2.75, 3.05) is 20.3 Å². The number of hydrogen-bond acceptors (Lipinski definition) is 6. The van der Waals surface area contributed by atoms with Crippen molar-refractivity contribution in [1.82, 2.24) is 14.5 Å². The molecule has 0 aliphatic carbocycles. The van der Waals surface area contributed by atoms with E-state index in [-0.39, 0.29) is 31.4 Å². The first-order chi connectivity index (χ1) is 16.3. The molecule has 3 aromatic rings. The molecular weight excluding hydrogens is 434 g/mol. The number of nitrogens with zero attached hydrogens (tertiary/aromatic N) is 3. The molecule has 178 valence electrons. The number of esters is 1. The van der Waals surface area contributed by atoms with Crippen LogP contribution in [0, 0.1) is 13.8 Å². The van der Waals surface area contributed by atoms with Crippen molar-refractivity contribution in [2.45, 2.75) is 27.3 Å². The number of benzene rings is 1. The van der Waals surface area contributed by atoms with Gasteiger partial charge in [-0.15, -0.1) is 0 Å². The monoisotopic (exact) mass is 463 g/mol. The van der Waals surface area contributed by atoms with E-state index in [1.54, 1.807) is 75.1 Å². The summed E-state index contributed by atoms with van der Waals surface area (Å²) in [5, 5.41) is 0. The number of methoxy groups -OCH3 is 1. The van der Waals surface area contributed by atoms with Gasteiger partial charge >= 0.3 is 5.97 Å². The third-order valence-corrected chi connectivity index (χ3v) is 5.71. The molecule has 0 radical (unpaired) electrons. The van der Waals surface area contributed by atoms with Crippen LogP contribution in [0.2, 0.25) is 0 Å². The molecule has 2 heterocycles. The van der Waals surface area contributed by atoms with Crippen molar-refractivity contribution in [3.8, 4) is 5.75 Å². The molecule has 0 aliphatic rings. The summed E-state index contributed by atoms with van der Waals surface area (Å²) in [5.41, 5.74) is 3.13. The Kier molecular flexibility index (Phi) is 7.83. The van der Waals surface area contributed by atoms with Gasteiger partial charge in [-0.1, -0.05) is 12.1 Å². The van der Waals surface area contributed by atoms with Crippen molar-refractivity contribution in [3.05, 3.63) is 82.4 Å². The largest absolute Gasteiger partial charge is 0.497 e. The molecule has 8 nitrogen and oxygen atoms in total. The second-order valence-corrected chi connectivity index (χ2v) is 7.89. The van der Waals surface area contributed by atoms with Gasteiger partial charge in [0, 0.05) is 42.8 Å². The molecule has 0 spiro atoms. The maximum Gasteiger partial charge on any atom is 0.355 e. The fourth-order valence-corrected chi connectivity index (χ4v) is 3.98. The number of hydrogen-bond donors (Lipinski definition) is 0. The van der Waals surface area contributed by atoms with Crippen molar-refractivity contribution < 1.29 is 23.9 Å². The van der Waals surface area contributed by atoms with E-state index in [1.165, 1.54) is 12.0 Å². The highest BCUT2D eigenvalue weighted by Gasteiger charge is 2.28. The molecule has 0 saturated heterocycles. The molecule has 0 N–H and O–H groups in total. The average Bonchev–Trinajstić information content (AvgIpc) is 3.06. The Hall–Kier alpha value is -3.94. The summed E-state index contributed by atoms with van der Waals surface area (Å²) in [4.78, 5) is 45.0. The predicted octanol–water partition coefficient (Wildman–Crippen LogP) is 3.75. The summed E-state index contributed by atoms with van der Waals surface area (Å²) in [5.74, 6) is -0.508. The molecule has 3 rings (SSSR count). The van der Waals surface area contributed by atoms with Gasteiger partial charge in [-0.25, -0.2) is 4.79 Å². The fraction of sp³-hybridized carbons (Fsp3) is 0.308. The Bertz CT molecular complexity index is 1200. The van der Waals surface area contributed by atoms with Crippen LogP contribution >= 0.6 is 0 Å². The van der Waals surface area contributed by atoms with E-state index in [0.717, 1.165) is 5.56 Å². The second kappa shape index (κ2) is 10.8. The number of pyridine rings is 1. The SMILES string of the molecule is CCOC(=O)c1c(C)c(C(=O)CN(Cc2cccnc2)C(=O)c2cccc(OC)c2)c(C)n1C. The number of ketones is 1. The number of aromatic nitrogens is 2. The first kappa shape index (κ1) is 24.7. The molecule has 2 aromatic heterocycles. The molecule has 1 aromatic carbocycles. The van der Waals surface area contributed by atoms with Crippen LogP contribution in [0.5, 0.6) is 5.75 Å². The standard InChI is InChI=1S/C26H29N3O5/c1-6-34-26(32)24-17(2)23(18(3)28(24)4)22(30)16-29(15-19-9-8-12-27-14-19)25(31)20-10-7-11-21(13-20)33-5/h7-14H,6,15-16H2,1-5H3. The van der Waals surface area contributed by atoms with Gasteiger partial charge < -0.3 is 18.9 Å². The highest BCUT2D eigenvalue weighted by Crippen LogP contribution is 2.24. The Morgan fingerprint density at radius 2 is 1.88 bits per heavy atom. The van der Waals surface area contributed by atoms with Crippen LogP contribution in [0.15, 0.2) is 48.8 Å². The Balaban J connectivity index is 1.96. The van der Waals surface area contributed by atoms with Crippen LogP contribution in [-0.4, -0.2) is 52.4 Å². The van der Waals surface area contributed by atoms with Crippen molar-refractivity contribution in [2.24, 2.45) is 7.05 Å². The lowest BCUT2D eigenvalue weighted by atomic mass is 10.0. The van der Waals surface area contributed by atoms with Gasteiger partial charge in [-0.3, -0.25) is 14.6 Å². The first-order valence-electron chi connectivity index (χ1n) is 11.0. The van der Waals surface area contributed by atoms with E-state index in [4.69, 9.17) is 9.47 Å². The number of carbonyl (C=O) groups is 3. The van der Waals surface area contributed by atoms with Crippen LogP contribution in [0.3, 0.4) is 0 Å². The number of carbonyl (C=O) groups excluding carboxylic acids is 3. The maximum absolute atomic E-state index is 13.5. The van der Waals surface area contributed by atoms with Crippen LogP contribution < -0.4 is 4.74 Å². The summed E-state index contributed by atoms with van der Waals surface area (Å²) in [6.45, 7) is 5.50. The molecule has 0 unspecified atom stereocenters.